The maximum atomic E-state index is 12.1. The first-order valence-electron chi connectivity index (χ1n) is 7.14. The third-order valence-corrected chi connectivity index (χ3v) is 4.23. The molecule has 0 saturated heterocycles. The molecule has 0 fully saturated rings. The molecule has 2 aromatic heterocycles. The van der Waals surface area contributed by atoms with Gasteiger partial charge in [0.05, 0.1) is 17.3 Å². The first-order chi connectivity index (χ1) is 11.5. The van der Waals surface area contributed by atoms with Gasteiger partial charge in [0.25, 0.3) is 5.56 Å². The number of rotatable bonds is 4. The van der Waals surface area contributed by atoms with Crippen molar-refractivity contribution in [2.45, 2.75) is 19.5 Å². The summed E-state index contributed by atoms with van der Waals surface area (Å²) in [4.78, 5) is 24.0. The SMILES string of the molecule is C[C@H](NC(=O)Cn1ncc(Cl)c(Cl)c1=O)c1cc2ccccc2o1. The van der Waals surface area contributed by atoms with Crippen molar-refractivity contribution in [1.29, 1.82) is 0 Å². The van der Waals surface area contributed by atoms with Gasteiger partial charge in [0, 0.05) is 5.39 Å². The molecule has 8 heteroatoms. The van der Waals surface area contributed by atoms with E-state index in [4.69, 9.17) is 27.6 Å². The highest BCUT2D eigenvalue weighted by atomic mass is 35.5. The normalized spacial score (nSPS) is 12.3. The molecule has 0 radical (unpaired) electrons. The van der Waals surface area contributed by atoms with E-state index in [1.54, 1.807) is 6.92 Å². The van der Waals surface area contributed by atoms with Crippen LogP contribution in [0.25, 0.3) is 11.0 Å². The Labute approximate surface area is 147 Å². The van der Waals surface area contributed by atoms with E-state index >= 15 is 0 Å². The summed E-state index contributed by atoms with van der Waals surface area (Å²) >= 11 is 11.5. The molecule has 0 bridgehead atoms. The van der Waals surface area contributed by atoms with Crippen LogP contribution < -0.4 is 10.9 Å². The molecular formula is C16H13Cl2N3O3. The van der Waals surface area contributed by atoms with Gasteiger partial charge in [-0.05, 0) is 19.1 Å². The number of benzene rings is 1. The molecule has 1 N–H and O–H groups in total. The minimum absolute atomic E-state index is 0.0500. The quantitative estimate of drug-likeness (QED) is 0.770. The van der Waals surface area contributed by atoms with Crippen molar-refractivity contribution in [3.05, 3.63) is 62.7 Å². The van der Waals surface area contributed by atoms with Gasteiger partial charge in [-0.1, -0.05) is 41.4 Å². The van der Waals surface area contributed by atoms with Gasteiger partial charge in [-0.15, -0.1) is 0 Å². The molecule has 1 amide bonds. The number of halogens is 2. The lowest BCUT2D eigenvalue weighted by atomic mass is 10.2. The smallest absolute Gasteiger partial charge is 0.287 e. The van der Waals surface area contributed by atoms with Crippen LogP contribution in [-0.4, -0.2) is 15.7 Å². The Morgan fingerprint density at radius 3 is 2.88 bits per heavy atom. The number of carbonyl (C=O) groups excluding carboxylic acids is 1. The molecule has 24 heavy (non-hydrogen) atoms. The lowest BCUT2D eigenvalue weighted by Gasteiger charge is -2.12. The second-order valence-corrected chi connectivity index (χ2v) is 6.03. The van der Waals surface area contributed by atoms with E-state index in [0.29, 0.717) is 5.76 Å². The number of carbonyl (C=O) groups is 1. The van der Waals surface area contributed by atoms with Gasteiger partial charge < -0.3 is 9.73 Å². The van der Waals surface area contributed by atoms with Gasteiger partial charge in [-0.25, -0.2) is 4.68 Å². The van der Waals surface area contributed by atoms with Crippen LogP contribution in [0.2, 0.25) is 10.0 Å². The molecule has 0 aliphatic rings. The minimum Gasteiger partial charge on any atom is -0.459 e. The zero-order valence-corrected chi connectivity index (χ0v) is 14.1. The number of aromatic nitrogens is 2. The standard InChI is InChI=1S/C16H13Cl2N3O3/c1-9(13-6-10-4-2-3-5-12(10)24-13)20-14(22)8-21-16(23)15(18)11(17)7-19-21/h2-7,9H,8H2,1H3,(H,20,22)/t9-/m0/s1. The third kappa shape index (κ3) is 3.29. The summed E-state index contributed by atoms with van der Waals surface area (Å²) in [5, 5.41) is 7.40. The van der Waals surface area contributed by atoms with Crippen LogP contribution >= 0.6 is 23.2 Å². The Bertz CT molecular complexity index is 932. The highest BCUT2D eigenvalue weighted by Gasteiger charge is 2.16. The Balaban J connectivity index is 1.72. The zero-order chi connectivity index (χ0) is 17.3. The monoisotopic (exact) mass is 365 g/mol. The van der Waals surface area contributed by atoms with Crippen molar-refractivity contribution in [3.8, 4) is 0 Å². The molecule has 1 aromatic carbocycles. The highest BCUT2D eigenvalue weighted by molar-refractivity contribution is 6.41. The predicted octanol–water partition coefficient (Wildman–Crippen LogP) is 3.17. The van der Waals surface area contributed by atoms with E-state index in [-0.39, 0.29) is 22.6 Å². The molecule has 124 valence electrons. The summed E-state index contributed by atoms with van der Waals surface area (Å²) in [7, 11) is 0. The fourth-order valence-corrected chi connectivity index (χ4v) is 2.54. The molecule has 3 rings (SSSR count). The molecule has 3 aromatic rings. The Kier molecular flexibility index (Phi) is 4.59. The molecule has 6 nitrogen and oxygen atoms in total. The number of fused-ring (bicyclic) bond motifs is 1. The average Bonchev–Trinajstić information content (AvgIpc) is 2.99. The van der Waals surface area contributed by atoms with Gasteiger partial charge in [0.2, 0.25) is 5.91 Å². The zero-order valence-electron chi connectivity index (χ0n) is 12.6. The summed E-state index contributed by atoms with van der Waals surface area (Å²) in [5.41, 5.74) is 0.131. The van der Waals surface area contributed by atoms with Crippen LogP contribution in [-0.2, 0) is 11.3 Å². The van der Waals surface area contributed by atoms with Crippen molar-refractivity contribution in [2.24, 2.45) is 0 Å². The molecule has 0 saturated carbocycles. The summed E-state index contributed by atoms with van der Waals surface area (Å²) in [6.07, 6.45) is 1.22. The van der Waals surface area contributed by atoms with Gasteiger partial charge in [-0.2, -0.15) is 5.10 Å². The van der Waals surface area contributed by atoms with Crippen LogP contribution in [0, 0.1) is 0 Å². The molecule has 0 aliphatic heterocycles. The number of furan rings is 1. The summed E-state index contributed by atoms with van der Waals surface area (Å²) < 4.78 is 6.66. The van der Waals surface area contributed by atoms with E-state index < -0.39 is 11.5 Å². The van der Waals surface area contributed by atoms with Gasteiger partial charge in [-0.3, -0.25) is 9.59 Å². The number of para-hydroxylation sites is 1. The largest absolute Gasteiger partial charge is 0.459 e. The van der Waals surface area contributed by atoms with Crippen molar-refractivity contribution >= 4 is 40.1 Å². The second-order valence-electron chi connectivity index (χ2n) is 5.25. The number of nitrogens with one attached hydrogen (secondary N) is 1. The number of amides is 1. The first-order valence-corrected chi connectivity index (χ1v) is 7.90. The number of hydrogen-bond acceptors (Lipinski definition) is 4. The highest BCUT2D eigenvalue weighted by Crippen LogP contribution is 2.23. The van der Waals surface area contributed by atoms with E-state index in [1.807, 2.05) is 30.3 Å². The molecule has 2 heterocycles. The maximum Gasteiger partial charge on any atom is 0.287 e. The summed E-state index contributed by atoms with van der Waals surface area (Å²) in [6.45, 7) is 1.53. The predicted molar refractivity (Wildman–Crippen MR) is 91.3 cm³/mol. The van der Waals surface area contributed by atoms with Crippen molar-refractivity contribution in [2.75, 3.05) is 0 Å². The summed E-state index contributed by atoms with van der Waals surface area (Å²) in [6, 6.07) is 9.07. The fraction of sp³-hybridized carbons (Fsp3) is 0.188. The Morgan fingerprint density at radius 2 is 2.12 bits per heavy atom. The van der Waals surface area contributed by atoms with Crippen molar-refractivity contribution < 1.29 is 9.21 Å². The van der Waals surface area contributed by atoms with Crippen LogP contribution in [0.15, 0.2) is 45.7 Å². The van der Waals surface area contributed by atoms with Crippen LogP contribution in [0.1, 0.15) is 18.7 Å². The average molecular weight is 366 g/mol. The van der Waals surface area contributed by atoms with Gasteiger partial charge in [0.15, 0.2) is 0 Å². The Hall–Kier alpha value is -2.31. The fourth-order valence-electron chi connectivity index (χ4n) is 2.27. The molecule has 0 spiro atoms. The van der Waals surface area contributed by atoms with Crippen molar-refractivity contribution in [3.63, 3.8) is 0 Å². The van der Waals surface area contributed by atoms with E-state index in [0.717, 1.165) is 15.7 Å². The maximum absolute atomic E-state index is 12.1. The van der Waals surface area contributed by atoms with Gasteiger partial charge >= 0.3 is 0 Å². The second kappa shape index (κ2) is 6.67. The van der Waals surface area contributed by atoms with Gasteiger partial charge in [0.1, 0.15) is 22.9 Å². The lowest BCUT2D eigenvalue weighted by molar-refractivity contribution is -0.122. The molecule has 1 atom stereocenters. The van der Waals surface area contributed by atoms with Crippen LogP contribution in [0.4, 0.5) is 0 Å². The van der Waals surface area contributed by atoms with Crippen molar-refractivity contribution in [1.82, 2.24) is 15.1 Å². The molecule has 0 unspecified atom stereocenters. The number of nitrogens with zero attached hydrogens (tertiary/aromatic N) is 2. The topological polar surface area (TPSA) is 77.1 Å². The van der Waals surface area contributed by atoms with Crippen LogP contribution in [0.5, 0.6) is 0 Å². The summed E-state index contributed by atoms with van der Waals surface area (Å²) in [5.74, 6) is 0.231. The molecule has 0 aliphatic carbocycles. The number of hydrogen-bond donors (Lipinski definition) is 1. The minimum atomic E-state index is -0.615. The van der Waals surface area contributed by atoms with E-state index in [9.17, 15) is 9.59 Å². The lowest BCUT2D eigenvalue weighted by Crippen LogP contribution is -2.35. The van der Waals surface area contributed by atoms with Crippen LogP contribution in [0.3, 0.4) is 0 Å². The molecular weight excluding hydrogens is 353 g/mol. The Morgan fingerprint density at radius 1 is 1.38 bits per heavy atom. The van der Waals surface area contributed by atoms with E-state index in [1.165, 1.54) is 6.20 Å². The first kappa shape index (κ1) is 16.5. The van der Waals surface area contributed by atoms with E-state index in [2.05, 4.69) is 10.4 Å². The third-order valence-electron chi connectivity index (χ3n) is 3.48.